The molecule has 2 aromatic heterocycles. The number of nitrogens with zero attached hydrogens (tertiary/aromatic N) is 3. The number of aromatic nitrogens is 2. The topological polar surface area (TPSA) is 49.2 Å². The minimum absolute atomic E-state index is 0.129. The summed E-state index contributed by atoms with van der Waals surface area (Å²) < 4.78 is 0. The number of thiophene rings is 1. The Morgan fingerprint density at radius 2 is 2.14 bits per heavy atom. The number of hydrogen-bond acceptors (Lipinski definition) is 5. The fourth-order valence-electron chi connectivity index (χ4n) is 3.11. The summed E-state index contributed by atoms with van der Waals surface area (Å²) in [6.07, 6.45) is 5.81. The molecule has 1 fully saturated rings. The first kappa shape index (κ1) is 15.0. The molecule has 0 unspecified atom stereocenters. The molecule has 114 valence electrons. The summed E-state index contributed by atoms with van der Waals surface area (Å²) in [5.41, 5.74) is 0. The van der Waals surface area contributed by atoms with E-state index in [1.54, 1.807) is 11.3 Å². The van der Waals surface area contributed by atoms with Crippen LogP contribution in [0.15, 0.2) is 6.07 Å². The summed E-state index contributed by atoms with van der Waals surface area (Å²) >= 11 is 7.80. The van der Waals surface area contributed by atoms with Gasteiger partial charge in [0.15, 0.2) is 0 Å². The SMILES string of the molecule is CCc1cc2c(N(CCO)C3CCCC3)nc(Cl)nc2s1. The van der Waals surface area contributed by atoms with Gasteiger partial charge in [-0.2, -0.15) is 4.98 Å². The predicted octanol–water partition coefficient (Wildman–Crippen LogP) is 3.65. The second-order valence-electron chi connectivity index (χ2n) is 5.46. The van der Waals surface area contributed by atoms with E-state index < -0.39 is 0 Å². The van der Waals surface area contributed by atoms with Gasteiger partial charge in [0.25, 0.3) is 0 Å². The van der Waals surface area contributed by atoms with Crippen LogP contribution < -0.4 is 4.90 Å². The minimum atomic E-state index is 0.129. The number of anilines is 1. The molecular formula is C15H20ClN3OS. The Bertz CT molecular complexity index is 625. The molecule has 0 aliphatic heterocycles. The Labute approximate surface area is 133 Å². The van der Waals surface area contributed by atoms with Crippen LogP contribution in [0.3, 0.4) is 0 Å². The van der Waals surface area contributed by atoms with Crippen LogP contribution in [0, 0.1) is 0 Å². The first-order chi connectivity index (χ1) is 10.2. The minimum Gasteiger partial charge on any atom is -0.395 e. The Balaban J connectivity index is 2.08. The number of halogens is 1. The lowest BCUT2D eigenvalue weighted by Gasteiger charge is -2.29. The Morgan fingerprint density at radius 3 is 2.81 bits per heavy atom. The van der Waals surface area contributed by atoms with Crippen molar-refractivity contribution in [1.29, 1.82) is 0 Å². The van der Waals surface area contributed by atoms with Gasteiger partial charge in [0.2, 0.25) is 5.28 Å². The number of aliphatic hydroxyl groups is 1. The largest absolute Gasteiger partial charge is 0.395 e. The van der Waals surface area contributed by atoms with Crippen LogP contribution in [-0.4, -0.2) is 34.3 Å². The third kappa shape index (κ3) is 3.00. The maximum atomic E-state index is 9.44. The average Bonchev–Trinajstić information content (AvgIpc) is 3.12. The van der Waals surface area contributed by atoms with Crippen molar-refractivity contribution in [1.82, 2.24) is 9.97 Å². The fraction of sp³-hybridized carbons (Fsp3) is 0.600. The summed E-state index contributed by atoms with van der Waals surface area (Å²) in [6, 6.07) is 2.63. The highest BCUT2D eigenvalue weighted by Gasteiger charge is 2.26. The lowest BCUT2D eigenvalue weighted by molar-refractivity contribution is 0.297. The van der Waals surface area contributed by atoms with Gasteiger partial charge < -0.3 is 10.0 Å². The third-order valence-electron chi connectivity index (χ3n) is 4.12. The predicted molar refractivity (Wildman–Crippen MR) is 88.5 cm³/mol. The number of fused-ring (bicyclic) bond motifs is 1. The Kier molecular flexibility index (Phi) is 4.62. The van der Waals surface area contributed by atoms with E-state index in [1.165, 1.54) is 17.7 Å². The highest BCUT2D eigenvalue weighted by molar-refractivity contribution is 7.18. The number of hydrogen-bond donors (Lipinski definition) is 1. The fourth-order valence-corrected chi connectivity index (χ4v) is 4.29. The molecule has 0 saturated heterocycles. The molecule has 0 atom stereocenters. The molecule has 0 amide bonds. The van der Waals surface area contributed by atoms with Gasteiger partial charge >= 0.3 is 0 Å². The Hall–Kier alpha value is -0.910. The number of aliphatic hydroxyl groups excluding tert-OH is 1. The molecule has 4 nitrogen and oxygen atoms in total. The molecule has 2 heterocycles. The molecule has 0 radical (unpaired) electrons. The summed E-state index contributed by atoms with van der Waals surface area (Å²) in [6.45, 7) is 2.87. The highest BCUT2D eigenvalue weighted by Crippen LogP contribution is 2.35. The van der Waals surface area contributed by atoms with Crippen molar-refractivity contribution >= 4 is 39.0 Å². The van der Waals surface area contributed by atoms with Gasteiger partial charge in [0.05, 0.1) is 12.0 Å². The van der Waals surface area contributed by atoms with Gasteiger partial charge in [-0.25, -0.2) is 4.98 Å². The number of aryl methyl sites for hydroxylation is 1. The maximum absolute atomic E-state index is 9.44. The van der Waals surface area contributed by atoms with Crippen molar-refractivity contribution in [3.05, 3.63) is 16.2 Å². The van der Waals surface area contributed by atoms with E-state index >= 15 is 0 Å². The van der Waals surface area contributed by atoms with Crippen molar-refractivity contribution in [3.8, 4) is 0 Å². The summed E-state index contributed by atoms with van der Waals surface area (Å²) in [4.78, 5) is 13.3. The zero-order chi connectivity index (χ0) is 14.8. The smallest absolute Gasteiger partial charge is 0.225 e. The van der Waals surface area contributed by atoms with Gasteiger partial charge in [0, 0.05) is 17.5 Å². The van der Waals surface area contributed by atoms with Crippen molar-refractivity contribution in [2.45, 2.75) is 45.1 Å². The molecule has 1 N–H and O–H groups in total. The van der Waals surface area contributed by atoms with E-state index in [9.17, 15) is 5.11 Å². The highest BCUT2D eigenvalue weighted by atomic mass is 35.5. The second kappa shape index (κ2) is 6.46. The van der Waals surface area contributed by atoms with Gasteiger partial charge in [0.1, 0.15) is 10.6 Å². The van der Waals surface area contributed by atoms with Crippen molar-refractivity contribution in [2.24, 2.45) is 0 Å². The van der Waals surface area contributed by atoms with Crippen LogP contribution in [0.1, 0.15) is 37.5 Å². The lowest BCUT2D eigenvalue weighted by atomic mass is 10.2. The van der Waals surface area contributed by atoms with Gasteiger partial charge in [-0.15, -0.1) is 11.3 Å². The zero-order valence-electron chi connectivity index (χ0n) is 12.2. The van der Waals surface area contributed by atoms with Crippen LogP contribution in [0.25, 0.3) is 10.2 Å². The first-order valence-electron chi connectivity index (χ1n) is 7.56. The van der Waals surface area contributed by atoms with Crippen LogP contribution >= 0.6 is 22.9 Å². The van der Waals surface area contributed by atoms with Crippen LogP contribution in [0.4, 0.5) is 5.82 Å². The normalized spacial score (nSPS) is 16.0. The van der Waals surface area contributed by atoms with E-state index in [2.05, 4.69) is 27.9 Å². The molecular weight excluding hydrogens is 306 g/mol. The molecule has 1 aliphatic rings. The molecule has 0 bridgehead atoms. The molecule has 3 rings (SSSR count). The molecule has 0 aromatic carbocycles. The monoisotopic (exact) mass is 325 g/mol. The number of rotatable bonds is 5. The standard InChI is InChI=1S/C15H20ClN3OS/c1-2-11-9-12-13(17-15(16)18-14(12)21-11)19(7-8-20)10-5-3-4-6-10/h9-10,20H,2-8H2,1H3. The molecule has 1 aliphatic carbocycles. The van der Waals surface area contributed by atoms with E-state index in [0.717, 1.165) is 35.3 Å². The molecule has 2 aromatic rings. The lowest BCUT2D eigenvalue weighted by Crippen LogP contribution is -2.36. The van der Waals surface area contributed by atoms with Crippen molar-refractivity contribution < 1.29 is 5.11 Å². The second-order valence-corrected chi connectivity index (χ2v) is 6.91. The van der Waals surface area contributed by atoms with Crippen LogP contribution in [0.5, 0.6) is 0 Å². The zero-order valence-corrected chi connectivity index (χ0v) is 13.8. The molecule has 21 heavy (non-hydrogen) atoms. The summed E-state index contributed by atoms with van der Waals surface area (Å²) in [7, 11) is 0. The summed E-state index contributed by atoms with van der Waals surface area (Å²) in [5, 5.41) is 10.8. The molecule has 1 saturated carbocycles. The maximum Gasteiger partial charge on any atom is 0.225 e. The van der Waals surface area contributed by atoms with Gasteiger partial charge in [-0.1, -0.05) is 19.8 Å². The van der Waals surface area contributed by atoms with Gasteiger partial charge in [-0.05, 0) is 36.9 Å². The van der Waals surface area contributed by atoms with E-state index in [4.69, 9.17) is 11.6 Å². The summed E-state index contributed by atoms with van der Waals surface area (Å²) in [5.74, 6) is 0.891. The van der Waals surface area contributed by atoms with Crippen molar-refractivity contribution in [3.63, 3.8) is 0 Å². The molecule has 6 heteroatoms. The Morgan fingerprint density at radius 1 is 1.38 bits per heavy atom. The quantitative estimate of drug-likeness (QED) is 0.852. The third-order valence-corrected chi connectivity index (χ3v) is 5.47. The van der Waals surface area contributed by atoms with E-state index in [1.807, 2.05) is 0 Å². The van der Waals surface area contributed by atoms with Gasteiger partial charge in [-0.3, -0.25) is 0 Å². The first-order valence-corrected chi connectivity index (χ1v) is 8.75. The van der Waals surface area contributed by atoms with Crippen LogP contribution in [-0.2, 0) is 6.42 Å². The average molecular weight is 326 g/mol. The molecule has 0 spiro atoms. The van der Waals surface area contributed by atoms with Crippen LogP contribution in [0.2, 0.25) is 5.28 Å². The van der Waals surface area contributed by atoms with E-state index in [0.29, 0.717) is 17.9 Å². The van der Waals surface area contributed by atoms with Crippen molar-refractivity contribution in [2.75, 3.05) is 18.1 Å². The van der Waals surface area contributed by atoms with E-state index in [-0.39, 0.29) is 6.61 Å².